The summed E-state index contributed by atoms with van der Waals surface area (Å²) in [6.07, 6.45) is 3.80. The second-order valence-electron chi connectivity index (χ2n) is 7.51. The Morgan fingerprint density at radius 2 is 1.70 bits per heavy atom. The fraction of sp³-hybridized carbons (Fsp3) is 0.458. The molecule has 1 aliphatic rings. The number of benzene rings is 2. The number of hydrogen-bond donors (Lipinski definition) is 0. The van der Waals surface area contributed by atoms with Crippen molar-refractivity contribution in [1.29, 1.82) is 0 Å². The van der Waals surface area contributed by atoms with E-state index in [-0.39, 0.29) is 5.91 Å². The topological polar surface area (TPSA) is 23.6 Å². The molecule has 144 valence electrons. The van der Waals surface area contributed by atoms with Crippen LogP contribution in [-0.2, 0) is 11.2 Å². The molecule has 2 aromatic carbocycles. The Kier molecular flexibility index (Phi) is 7.05. The predicted molar refractivity (Wildman–Crippen MR) is 113 cm³/mol. The highest BCUT2D eigenvalue weighted by Gasteiger charge is 2.34. The third-order valence-electron chi connectivity index (χ3n) is 5.80. The van der Waals surface area contributed by atoms with Gasteiger partial charge in [-0.3, -0.25) is 4.79 Å². The summed E-state index contributed by atoms with van der Waals surface area (Å²) in [7, 11) is 0. The Hall–Kier alpha value is -2.13. The summed E-state index contributed by atoms with van der Waals surface area (Å²) in [6.45, 7) is 7.47. The van der Waals surface area contributed by atoms with Crippen molar-refractivity contribution in [2.24, 2.45) is 5.92 Å². The normalized spacial score (nSPS) is 20.4. The molecular formula is C24H32N2O. The van der Waals surface area contributed by atoms with Crippen LogP contribution in [-0.4, -0.2) is 36.5 Å². The van der Waals surface area contributed by atoms with Gasteiger partial charge >= 0.3 is 0 Å². The Morgan fingerprint density at radius 3 is 2.33 bits per heavy atom. The van der Waals surface area contributed by atoms with Gasteiger partial charge in [-0.15, -0.1) is 0 Å². The average Bonchev–Trinajstić information content (AvgIpc) is 2.74. The molecule has 1 heterocycles. The Labute approximate surface area is 164 Å². The van der Waals surface area contributed by atoms with Crippen LogP contribution in [0.2, 0.25) is 0 Å². The lowest BCUT2D eigenvalue weighted by molar-refractivity contribution is -0.119. The molecule has 1 amide bonds. The van der Waals surface area contributed by atoms with E-state index in [0.29, 0.717) is 18.4 Å². The molecule has 0 radical (unpaired) electrons. The number of anilines is 1. The molecule has 1 aliphatic heterocycles. The number of likely N-dealkylation sites (tertiary alicyclic amines) is 1. The molecule has 1 saturated heterocycles. The maximum atomic E-state index is 12.8. The number of piperidine rings is 1. The molecule has 0 N–H and O–H groups in total. The minimum absolute atomic E-state index is 0.238. The Bertz CT molecular complexity index is 701. The van der Waals surface area contributed by atoms with Gasteiger partial charge in [0, 0.05) is 37.8 Å². The molecule has 0 bridgehead atoms. The molecule has 2 atom stereocenters. The van der Waals surface area contributed by atoms with Crippen molar-refractivity contribution in [1.82, 2.24) is 4.90 Å². The lowest BCUT2D eigenvalue weighted by Gasteiger charge is -2.44. The first-order chi connectivity index (χ1) is 13.2. The summed E-state index contributed by atoms with van der Waals surface area (Å²) in [5.41, 5.74) is 2.45. The minimum atomic E-state index is 0.238. The van der Waals surface area contributed by atoms with Gasteiger partial charge in [-0.1, -0.05) is 68.8 Å². The largest absolute Gasteiger partial charge is 0.309 e. The highest BCUT2D eigenvalue weighted by Crippen LogP contribution is 2.30. The third kappa shape index (κ3) is 4.98. The predicted octanol–water partition coefficient (Wildman–Crippen LogP) is 4.77. The van der Waals surface area contributed by atoms with Gasteiger partial charge in [0.25, 0.3) is 0 Å². The van der Waals surface area contributed by atoms with Gasteiger partial charge in [0.1, 0.15) is 0 Å². The van der Waals surface area contributed by atoms with Crippen molar-refractivity contribution in [3.63, 3.8) is 0 Å². The quantitative estimate of drug-likeness (QED) is 0.706. The summed E-state index contributed by atoms with van der Waals surface area (Å²) in [4.78, 5) is 17.4. The number of carbonyl (C=O) groups is 1. The van der Waals surface area contributed by atoms with Crippen molar-refractivity contribution in [2.75, 3.05) is 24.5 Å². The lowest BCUT2D eigenvalue weighted by Crippen LogP contribution is -2.53. The monoisotopic (exact) mass is 364 g/mol. The van der Waals surface area contributed by atoms with Crippen LogP contribution in [0.15, 0.2) is 60.7 Å². The van der Waals surface area contributed by atoms with E-state index in [0.717, 1.165) is 44.6 Å². The van der Waals surface area contributed by atoms with E-state index >= 15 is 0 Å². The summed E-state index contributed by atoms with van der Waals surface area (Å²) >= 11 is 0. The first kappa shape index (κ1) is 19.6. The molecule has 0 saturated carbocycles. The molecule has 27 heavy (non-hydrogen) atoms. The number of nitrogens with zero attached hydrogens (tertiary/aromatic N) is 2. The first-order valence-corrected chi connectivity index (χ1v) is 10.4. The third-order valence-corrected chi connectivity index (χ3v) is 5.80. The van der Waals surface area contributed by atoms with Crippen LogP contribution in [0.5, 0.6) is 0 Å². The van der Waals surface area contributed by atoms with Crippen molar-refractivity contribution in [2.45, 2.75) is 45.6 Å². The zero-order valence-electron chi connectivity index (χ0n) is 16.7. The van der Waals surface area contributed by atoms with E-state index in [9.17, 15) is 4.79 Å². The van der Waals surface area contributed by atoms with Gasteiger partial charge in [0.15, 0.2) is 0 Å². The fourth-order valence-corrected chi connectivity index (χ4v) is 4.25. The van der Waals surface area contributed by atoms with Crippen LogP contribution < -0.4 is 4.90 Å². The van der Waals surface area contributed by atoms with E-state index < -0.39 is 0 Å². The standard InChI is InChI=1S/C24H32N2O/c1-3-21-19-25(17-15-20-11-7-5-8-12-20)18-16-23(21)26(24(27)4-2)22-13-9-6-10-14-22/h5-14,21,23H,3-4,15-19H2,1-2H3. The minimum Gasteiger partial charge on any atom is -0.309 e. The second-order valence-corrected chi connectivity index (χ2v) is 7.51. The van der Waals surface area contributed by atoms with E-state index in [1.807, 2.05) is 25.1 Å². The number of hydrogen-bond acceptors (Lipinski definition) is 2. The van der Waals surface area contributed by atoms with Crippen molar-refractivity contribution < 1.29 is 4.79 Å². The molecule has 0 aromatic heterocycles. The Morgan fingerprint density at radius 1 is 1.04 bits per heavy atom. The van der Waals surface area contributed by atoms with Crippen LogP contribution in [0.3, 0.4) is 0 Å². The summed E-state index contributed by atoms with van der Waals surface area (Å²) in [6, 6.07) is 21.2. The van der Waals surface area contributed by atoms with Gasteiger partial charge in [-0.05, 0) is 36.5 Å². The van der Waals surface area contributed by atoms with Gasteiger partial charge < -0.3 is 9.80 Å². The fourth-order valence-electron chi connectivity index (χ4n) is 4.25. The van der Waals surface area contributed by atoms with E-state index in [1.54, 1.807) is 0 Å². The van der Waals surface area contributed by atoms with Crippen molar-refractivity contribution in [3.05, 3.63) is 66.2 Å². The molecule has 0 aliphatic carbocycles. The van der Waals surface area contributed by atoms with Gasteiger partial charge in [-0.25, -0.2) is 0 Å². The van der Waals surface area contributed by atoms with E-state index in [4.69, 9.17) is 0 Å². The van der Waals surface area contributed by atoms with E-state index in [2.05, 4.69) is 59.2 Å². The average molecular weight is 365 g/mol. The van der Waals surface area contributed by atoms with Crippen LogP contribution in [0.1, 0.15) is 38.7 Å². The summed E-state index contributed by atoms with van der Waals surface area (Å²) in [5.74, 6) is 0.757. The van der Waals surface area contributed by atoms with E-state index in [1.165, 1.54) is 5.56 Å². The molecule has 2 aromatic rings. The van der Waals surface area contributed by atoms with Crippen LogP contribution in [0.25, 0.3) is 0 Å². The summed E-state index contributed by atoms with van der Waals surface area (Å²) in [5, 5.41) is 0. The highest BCUT2D eigenvalue weighted by atomic mass is 16.2. The molecular weight excluding hydrogens is 332 g/mol. The van der Waals surface area contributed by atoms with Crippen molar-refractivity contribution in [3.8, 4) is 0 Å². The van der Waals surface area contributed by atoms with Crippen LogP contribution in [0, 0.1) is 5.92 Å². The maximum absolute atomic E-state index is 12.8. The number of carbonyl (C=O) groups excluding carboxylic acids is 1. The molecule has 3 heteroatoms. The van der Waals surface area contributed by atoms with Crippen LogP contribution >= 0.6 is 0 Å². The smallest absolute Gasteiger partial charge is 0.226 e. The molecule has 3 rings (SSSR count). The maximum Gasteiger partial charge on any atom is 0.226 e. The number of para-hydroxylation sites is 1. The molecule has 1 fully saturated rings. The zero-order chi connectivity index (χ0) is 19.1. The van der Waals surface area contributed by atoms with Crippen molar-refractivity contribution >= 4 is 11.6 Å². The number of rotatable bonds is 7. The van der Waals surface area contributed by atoms with Gasteiger partial charge in [-0.2, -0.15) is 0 Å². The SMILES string of the molecule is CCC(=O)N(c1ccccc1)C1CCN(CCc2ccccc2)CC1CC. The molecule has 3 nitrogen and oxygen atoms in total. The molecule has 0 spiro atoms. The van der Waals surface area contributed by atoms with Gasteiger partial charge in [0.05, 0.1) is 0 Å². The Balaban J connectivity index is 1.68. The zero-order valence-corrected chi connectivity index (χ0v) is 16.7. The highest BCUT2D eigenvalue weighted by molar-refractivity contribution is 5.93. The van der Waals surface area contributed by atoms with Crippen LogP contribution in [0.4, 0.5) is 5.69 Å². The molecule has 2 unspecified atom stereocenters. The summed E-state index contributed by atoms with van der Waals surface area (Å²) < 4.78 is 0. The van der Waals surface area contributed by atoms with Gasteiger partial charge in [0.2, 0.25) is 5.91 Å². The lowest BCUT2D eigenvalue weighted by atomic mass is 9.87. The number of amides is 1. The second kappa shape index (κ2) is 9.70. The first-order valence-electron chi connectivity index (χ1n) is 10.4.